The second kappa shape index (κ2) is 4.49. The van der Waals surface area contributed by atoms with Crippen LogP contribution >= 0.6 is 11.6 Å². The van der Waals surface area contributed by atoms with Crippen LogP contribution in [0.5, 0.6) is 0 Å². The first kappa shape index (κ1) is 10.8. The first-order valence-corrected chi connectivity index (χ1v) is 6.31. The van der Waals surface area contributed by atoms with Gasteiger partial charge in [-0.05, 0) is 18.8 Å². The molecule has 90 valence electrons. The van der Waals surface area contributed by atoms with Gasteiger partial charge in [0.1, 0.15) is 17.3 Å². The van der Waals surface area contributed by atoms with Crippen LogP contribution in [-0.2, 0) is 0 Å². The summed E-state index contributed by atoms with van der Waals surface area (Å²) in [6, 6.07) is 1.78. The lowest BCUT2D eigenvalue weighted by Crippen LogP contribution is -2.07. The lowest BCUT2D eigenvalue weighted by Gasteiger charge is -2.07. The van der Waals surface area contributed by atoms with Crippen LogP contribution in [0.25, 0.3) is 5.78 Å². The lowest BCUT2D eigenvalue weighted by molar-refractivity contribution is 0.685. The molecule has 2 aromatic heterocycles. The predicted octanol–water partition coefficient (Wildman–Crippen LogP) is 2.38. The molecule has 1 N–H and O–H groups in total. The highest BCUT2D eigenvalue weighted by Crippen LogP contribution is 2.33. The van der Waals surface area contributed by atoms with Crippen molar-refractivity contribution >= 4 is 23.2 Å². The minimum absolute atomic E-state index is 0.440. The average molecular weight is 252 g/mol. The average Bonchev–Trinajstić information content (AvgIpc) is 3.01. The van der Waals surface area contributed by atoms with Crippen molar-refractivity contribution in [3.8, 4) is 0 Å². The SMILES string of the molecule is Clc1cc(NCCCC2CC2)n2ncnc2n1. The third kappa shape index (κ3) is 2.49. The highest BCUT2D eigenvalue weighted by Gasteiger charge is 2.20. The van der Waals surface area contributed by atoms with E-state index >= 15 is 0 Å². The van der Waals surface area contributed by atoms with Crippen LogP contribution in [0.4, 0.5) is 5.82 Å². The van der Waals surface area contributed by atoms with E-state index in [0.717, 1.165) is 18.3 Å². The van der Waals surface area contributed by atoms with Gasteiger partial charge in [-0.15, -0.1) is 0 Å². The molecule has 0 amide bonds. The Morgan fingerprint density at radius 1 is 1.47 bits per heavy atom. The van der Waals surface area contributed by atoms with E-state index in [1.165, 1.54) is 32.0 Å². The van der Waals surface area contributed by atoms with Gasteiger partial charge in [-0.2, -0.15) is 19.6 Å². The highest BCUT2D eigenvalue weighted by molar-refractivity contribution is 6.29. The predicted molar refractivity (Wildman–Crippen MR) is 66.2 cm³/mol. The third-order valence-corrected chi connectivity index (χ3v) is 3.21. The molecule has 1 aliphatic rings. The maximum Gasteiger partial charge on any atom is 0.255 e. The van der Waals surface area contributed by atoms with Crippen LogP contribution < -0.4 is 5.32 Å². The van der Waals surface area contributed by atoms with Crippen LogP contribution in [0, 0.1) is 5.92 Å². The number of halogens is 1. The smallest absolute Gasteiger partial charge is 0.255 e. The summed E-state index contributed by atoms with van der Waals surface area (Å²) in [5, 5.41) is 7.88. The quantitative estimate of drug-likeness (QED) is 0.655. The minimum Gasteiger partial charge on any atom is -0.370 e. The van der Waals surface area contributed by atoms with Crippen molar-refractivity contribution in [1.82, 2.24) is 19.6 Å². The summed E-state index contributed by atoms with van der Waals surface area (Å²) in [4.78, 5) is 8.10. The summed E-state index contributed by atoms with van der Waals surface area (Å²) in [6.45, 7) is 0.936. The number of nitrogens with one attached hydrogen (secondary N) is 1. The molecule has 0 spiro atoms. The molecular formula is C11H14ClN5. The van der Waals surface area contributed by atoms with E-state index in [0.29, 0.717) is 10.9 Å². The van der Waals surface area contributed by atoms with Gasteiger partial charge >= 0.3 is 0 Å². The van der Waals surface area contributed by atoms with Gasteiger partial charge < -0.3 is 5.32 Å². The normalized spacial score (nSPS) is 15.4. The monoisotopic (exact) mass is 251 g/mol. The highest BCUT2D eigenvalue weighted by atomic mass is 35.5. The summed E-state index contributed by atoms with van der Waals surface area (Å²) in [7, 11) is 0. The van der Waals surface area contributed by atoms with E-state index in [9.17, 15) is 0 Å². The van der Waals surface area contributed by atoms with Gasteiger partial charge in [0.15, 0.2) is 0 Å². The fourth-order valence-corrected chi connectivity index (χ4v) is 2.10. The van der Waals surface area contributed by atoms with Crippen molar-refractivity contribution in [2.45, 2.75) is 25.7 Å². The number of hydrogen-bond donors (Lipinski definition) is 1. The number of aromatic nitrogens is 4. The summed E-state index contributed by atoms with van der Waals surface area (Å²) in [6.07, 6.45) is 6.80. The molecule has 2 heterocycles. The summed E-state index contributed by atoms with van der Waals surface area (Å²) < 4.78 is 1.67. The van der Waals surface area contributed by atoms with E-state index in [1.54, 1.807) is 10.6 Å². The van der Waals surface area contributed by atoms with Gasteiger partial charge in [0, 0.05) is 12.6 Å². The van der Waals surface area contributed by atoms with Gasteiger partial charge in [-0.3, -0.25) is 0 Å². The van der Waals surface area contributed by atoms with Crippen molar-refractivity contribution in [1.29, 1.82) is 0 Å². The molecular weight excluding hydrogens is 238 g/mol. The van der Waals surface area contributed by atoms with Crippen LogP contribution in [-0.4, -0.2) is 26.1 Å². The van der Waals surface area contributed by atoms with Crippen LogP contribution in [0.3, 0.4) is 0 Å². The summed E-state index contributed by atoms with van der Waals surface area (Å²) in [5.41, 5.74) is 0. The molecule has 1 aliphatic carbocycles. The maximum atomic E-state index is 5.92. The van der Waals surface area contributed by atoms with Crippen LogP contribution in [0.15, 0.2) is 12.4 Å². The van der Waals surface area contributed by atoms with Crippen molar-refractivity contribution in [3.05, 3.63) is 17.5 Å². The number of rotatable bonds is 5. The van der Waals surface area contributed by atoms with Gasteiger partial charge in [-0.25, -0.2) is 0 Å². The molecule has 0 saturated heterocycles. The number of nitrogens with zero attached hydrogens (tertiary/aromatic N) is 4. The van der Waals surface area contributed by atoms with E-state index < -0.39 is 0 Å². The van der Waals surface area contributed by atoms with E-state index in [-0.39, 0.29) is 0 Å². The zero-order chi connectivity index (χ0) is 11.7. The Bertz CT molecular complexity index is 520. The first-order valence-electron chi connectivity index (χ1n) is 5.93. The third-order valence-electron chi connectivity index (χ3n) is 3.01. The molecule has 5 nitrogen and oxygen atoms in total. The van der Waals surface area contributed by atoms with Gasteiger partial charge in [-0.1, -0.05) is 24.4 Å². The molecule has 3 rings (SSSR count). The van der Waals surface area contributed by atoms with Gasteiger partial charge in [0.2, 0.25) is 0 Å². The standard InChI is InChI=1S/C11H14ClN5/c12-9-6-10(13-5-1-2-8-3-4-8)17-11(16-9)14-7-15-17/h6-8,13H,1-5H2. The molecule has 6 heteroatoms. The zero-order valence-corrected chi connectivity index (χ0v) is 10.2. The van der Waals surface area contributed by atoms with Gasteiger partial charge in [0.25, 0.3) is 5.78 Å². The number of hydrogen-bond acceptors (Lipinski definition) is 4. The van der Waals surface area contributed by atoms with E-state index in [2.05, 4.69) is 20.4 Å². The maximum absolute atomic E-state index is 5.92. The van der Waals surface area contributed by atoms with Crippen molar-refractivity contribution in [2.24, 2.45) is 5.92 Å². The molecule has 0 unspecified atom stereocenters. The molecule has 0 bridgehead atoms. The Morgan fingerprint density at radius 2 is 2.35 bits per heavy atom. The molecule has 0 aromatic carbocycles. The van der Waals surface area contributed by atoms with Crippen LogP contribution in [0.2, 0.25) is 5.15 Å². The Kier molecular flexibility index (Phi) is 2.84. The first-order chi connectivity index (χ1) is 8.33. The topological polar surface area (TPSA) is 55.1 Å². The molecule has 2 aromatic rings. The molecule has 0 radical (unpaired) electrons. The molecule has 1 fully saturated rings. The fraction of sp³-hybridized carbons (Fsp3) is 0.545. The fourth-order valence-electron chi connectivity index (χ4n) is 1.92. The van der Waals surface area contributed by atoms with Gasteiger partial charge in [0.05, 0.1) is 0 Å². The number of fused-ring (bicyclic) bond motifs is 1. The number of anilines is 1. The van der Waals surface area contributed by atoms with Crippen molar-refractivity contribution < 1.29 is 0 Å². The van der Waals surface area contributed by atoms with Crippen LogP contribution in [0.1, 0.15) is 25.7 Å². The lowest BCUT2D eigenvalue weighted by atomic mass is 10.2. The van der Waals surface area contributed by atoms with Crippen molar-refractivity contribution in [2.75, 3.05) is 11.9 Å². The Hall–Kier alpha value is -1.36. The Labute approximate surface area is 104 Å². The second-order valence-corrected chi connectivity index (χ2v) is 4.84. The Balaban J connectivity index is 1.67. The largest absolute Gasteiger partial charge is 0.370 e. The summed E-state index contributed by atoms with van der Waals surface area (Å²) in [5.74, 6) is 2.36. The Morgan fingerprint density at radius 3 is 3.18 bits per heavy atom. The molecule has 1 saturated carbocycles. The minimum atomic E-state index is 0.440. The molecule has 0 aliphatic heterocycles. The van der Waals surface area contributed by atoms with E-state index in [4.69, 9.17) is 11.6 Å². The van der Waals surface area contributed by atoms with E-state index in [1.807, 2.05) is 0 Å². The second-order valence-electron chi connectivity index (χ2n) is 4.45. The molecule has 17 heavy (non-hydrogen) atoms. The van der Waals surface area contributed by atoms with Crippen molar-refractivity contribution in [3.63, 3.8) is 0 Å². The molecule has 0 atom stereocenters. The summed E-state index contributed by atoms with van der Waals surface area (Å²) >= 11 is 5.92. The zero-order valence-electron chi connectivity index (χ0n) is 9.43.